The third kappa shape index (κ3) is 3.53. The summed E-state index contributed by atoms with van der Waals surface area (Å²) in [5.41, 5.74) is 4.04. The summed E-state index contributed by atoms with van der Waals surface area (Å²) >= 11 is 0. The van der Waals surface area contributed by atoms with Crippen molar-refractivity contribution in [1.82, 2.24) is 20.0 Å². The number of nitrogens with one attached hydrogen (secondary N) is 1. The summed E-state index contributed by atoms with van der Waals surface area (Å²) in [6.45, 7) is 5.61. The van der Waals surface area contributed by atoms with E-state index in [2.05, 4.69) is 10.4 Å². The van der Waals surface area contributed by atoms with Crippen LogP contribution < -0.4 is 5.32 Å². The summed E-state index contributed by atoms with van der Waals surface area (Å²) in [7, 11) is 0. The van der Waals surface area contributed by atoms with Crippen LogP contribution in [0.2, 0.25) is 0 Å². The van der Waals surface area contributed by atoms with Crippen LogP contribution in [0.15, 0.2) is 18.3 Å². The van der Waals surface area contributed by atoms with Gasteiger partial charge in [0.2, 0.25) is 5.91 Å². The molecule has 0 bridgehead atoms. The van der Waals surface area contributed by atoms with E-state index in [1.165, 1.54) is 13.0 Å². The van der Waals surface area contributed by atoms with Crippen LogP contribution in [0.4, 0.5) is 4.39 Å². The van der Waals surface area contributed by atoms with Crippen molar-refractivity contribution in [1.29, 1.82) is 0 Å². The van der Waals surface area contributed by atoms with Crippen LogP contribution in [0.5, 0.6) is 0 Å². The van der Waals surface area contributed by atoms with Crippen LogP contribution in [0.1, 0.15) is 46.1 Å². The Bertz CT molecular complexity index is 937. The first-order valence-electron chi connectivity index (χ1n) is 9.78. The molecule has 4 rings (SSSR count). The third-order valence-electron chi connectivity index (χ3n) is 5.77. The van der Waals surface area contributed by atoms with Gasteiger partial charge in [0.05, 0.1) is 17.5 Å². The molecule has 1 aromatic heterocycles. The van der Waals surface area contributed by atoms with Crippen molar-refractivity contribution < 1.29 is 14.0 Å². The number of aromatic nitrogens is 2. The summed E-state index contributed by atoms with van der Waals surface area (Å²) in [6.07, 6.45) is 3.93. The molecular formula is C21H25FN4O2. The minimum Gasteiger partial charge on any atom is -0.356 e. The van der Waals surface area contributed by atoms with Crippen molar-refractivity contribution in [3.05, 3.63) is 52.1 Å². The number of amides is 2. The molecule has 0 aliphatic carbocycles. The lowest BCUT2D eigenvalue weighted by Crippen LogP contribution is -2.37. The number of hydrogen-bond donors (Lipinski definition) is 1. The van der Waals surface area contributed by atoms with E-state index in [4.69, 9.17) is 0 Å². The van der Waals surface area contributed by atoms with E-state index in [9.17, 15) is 14.0 Å². The maximum atomic E-state index is 14.4. The van der Waals surface area contributed by atoms with Crippen LogP contribution >= 0.6 is 0 Å². The molecule has 148 valence electrons. The summed E-state index contributed by atoms with van der Waals surface area (Å²) < 4.78 is 16.3. The maximum Gasteiger partial charge on any atom is 0.257 e. The number of carbonyl (C=O) groups excluding carboxylic acids is 2. The second kappa shape index (κ2) is 7.37. The van der Waals surface area contributed by atoms with Crippen LogP contribution in [-0.4, -0.2) is 39.6 Å². The molecule has 0 saturated carbocycles. The zero-order valence-corrected chi connectivity index (χ0v) is 16.3. The Labute approximate surface area is 163 Å². The lowest BCUT2D eigenvalue weighted by atomic mass is 9.93. The molecule has 0 fully saturated rings. The van der Waals surface area contributed by atoms with Crippen molar-refractivity contribution in [2.24, 2.45) is 5.92 Å². The molecule has 7 heteroatoms. The summed E-state index contributed by atoms with van der Waals surface area (Å²) in [4.78, 5) is 26.1. The first-order valence-corrected chi connectivity index (χ1v) is 9.78. The van der Waals surface area contributed by atoms with E-state index in [-0.39, 0.29) is 17.6 Å². The van der Waals surface area contributed by atoms with Crippen molar-refractivity contribution in [3.8, 4) is 0 Å². The molecule has 0 radical (unpaired) electrons. The van der Waals surface area contributed by atoms with Gasteiger partial charge in [-0.1, -0.05) is 6.07 Å². The smallest absolute Gasteiger partial charge is 0.257 e. The van der Waals surface area contributed by atoms with Crippen LogP contribution in [0, 0.1) is 18.7 Å². The SMILES string of the molecule is CC(=O)NCC1CCn2ncc(C(=O)N3CCc4cc(C)cc(F)c4C3)c2C1. The number of fused-ring (bicyclic) bond motifs is 2. The predicted octanol–water partition coefficient (Wildman–Crippen LogP) is 2.23. The Hall–Kier alpha value is -2.70. The van der Waals surface area contributed by atoms with Gasteiger partial charge in [-0.05, 0) is 49.3 Å². The van der Waals surface area contributed by atoms with Crippen molar-refractivity contribution in [2.75, 3.05) is 13.1 Å². The minimum absolute atomic E-state index is 0.0420. The van der Waals surface area contributed by atoms with Gasteiger partial charge in [0.1, 0.15) is 5.82 Å². The number of aryl methyl sites for hydroxylation is 2. The standard InChI is InChI=1S/C21H25FN4O2/c1-13-7-16-4-5-25(12-18(16)19(22)8-13)21(28)17-11-24-26-6-3-15(9-20(17)26)10-23-14(2)27/h7-8,11,15H,3-6,9-10,12H2,1-2H3,(H,23,27). The number of benzene rings is 1. The van der Waals surface area contributed by atoms with E-state index in [0.717, 1.165) is 29.8 Å². The average molecular weight is 384 g/mol. The fourth-order valence-electron chi connectivity index (χ4n) is 4.25. The van der Waals surface area contributed by atoms with Crippen LogP contribution in [-0.2, 0) is 30.7 Å². The van der Waals surface area contributed by atoms with E-state index in [1.807, 2.05) is 17.7 Å². The summed E-state index contributed by atoms with van der Waals surface area (Å²) in [5.74, 6) is -0.0752. The second-order valence-electron chi connectivity index (χ2n) is 7.89. The highest BCUT2D eigenvalue weighted by atomic mass is 19.1. The highest BCUT2D eigenvalue weighted by molar-refractivity contribution is 5.95. The first kappa shape index (κ1) is 18.7. The molecule has 2 amide bonds. The molecule has 2 aliphatic heterocycles. The molecule has 0 spiro atoms. The second-order valence-corrected chi connectivity index (χ2v) is 7.89. The molecular weight excluding hydrogens is 359 g/mol. The highest BCUT2D eigenvalue weighted by Gasteiger charge is 2.30. The quantitative estimate of drug-likeness (QED) is 0.883. The third-order valence-corrected chi connectivity index (χ3v) is 5.77. The molecule has 28 heavy (non-hydrogen) atoms. The number of carbonyl (C=O) groups is 2. The Morgan fingerprint density at radius 2 is 2.14 bits per heavy atom. The summed E-state index contributed by atoms with van der Waals surface area (Å²) in [6, 6.07) is 3.54. The van der Waals surface area contributed by atoms with Gasteiger partial charge >= 0.3 is 0 Å². The van der Waals surface area contributed by atoms with Crippen molar-refractivity contribution in [3.63, 3.8) is 0 Å². The predicted molar refractivity (Wildman–Crippen MR) is 102 cm³/mol. The van der Waals surface area contributed by atoms with E-state index in [1.54, 1.807) is 11.1 Å². The Morgan fingerprint density at radius 3 is 2.93 bits per heavy atom. The van der Waals surface area contributed by atoms with Gasteiger partial charge in [-0.3, -0.25) is 14.3 Å². The number of nitrogens with zero attached hydrogens (tertiary/aromatic N) is 3. The van der Waals surface area contributed by atoms with E-state index in [0.29, 0.717) is 49.5 Å². The highest BCUT2D eigenvalue weighted by Crippen LogP contribution is 2.27. The van der Waals surface area contributed by atoms with Gasteiger partial charge in [-0.15, -0.1) is 0 Å². The van der Waals surface area contributed by atoms with Gasteiger partial charge in [-0.2, -0.15) is 5.10 Å². The molecule has 2 aliphatic rings. The number of rotatable bonds is 3. The Morgan fingerprint density at radius 1 is 1.32 bits per heavy atom. The minimum atomic E-state index is -0.236. The fraction of sp³-hybridized carbons (Fsp3) is 0.476. The average Bonchev–Trinajstić information content (AvgIpc) is 3.08. The van der Waals surface area contributed by atoms with E-state index < -0.39 is 0 Å². The Balaban J connectivity index is 1.52. The van der Waals surface area contributed by atoms with Gasteiger partial charge in [0.25, 0.3) is 5.91 Å². The molecule has 1 N–H and O–H groups in total. The van der Waals surface area contributed by atoms with Crippen LogP contribution in [0.25, 0.3) is 0 Å². The normalized spacial score (nSPS) is 18.4. The topological polar surface area (TPSA) is 67.2 Å². The molecule has 1 aromatic carbocycles. The van der Waals surface area contributed by atoms with Gasteiger partial charge in [0, 0.05) is 38.7 Å². The molecule has 3 heterocycles. The maximum absolute atomic E-state index is 14.4. The van der Waals surface area contributed by atoms with Crippen molar-refractivity contribution >= 4 is 11.8 Å². The number of hydrogen-bond acceptors (Lipinski definition) is 3. The van der Waals surface area contributed by atoms with Gasteiger partial charge in [-0.25, -0.2) is 4.39 Å². The Kier molecular flexibility index (Phi) is 4.91. The van der Waals surface area contributed by atoms with Crippen LogP contribution in [0.3, 0.4) is 0 Å². The molecule has 6 nitrogen and oxygen atoms in total. The lowest BCUT2D eigenvalue weighted by molar-refractivity contribution is -0.119. The van der Waals surface area contributed by atoms with Gasteiger partial charge < -0.3 is 10.2 Å². The van der Waals surface area contributed by atoms with Crippen molar-refractivity contribution in [2.45, 2.75) is 46.2 Å². The monoisotopic (exact) mass is 384 g/mol. The molecule has 0 saturated heterocycles. The van der Waals surface area contributed by atoms with E-state index >= 15 is 0 Å². The first-order chi connectivity index (χ1) is 13.4. The summed E-state index contributed by atoms with van der Waals surface area (Å²) in [5, 5.41) is 7.25. The zero-order chi connectivity index (χ0) is 19.8. The molecule has 1 unspecified atom stereocenters. The lowest BCUT2D eigenvalue weighted by Gasteiger charge is -2.30. The van der Waals surface area contributed by atoms with Gasteiger partial charge in [0.15, 0.2) is 0 Å². The molecule has 2 aromatic rings. The number of halogens is 1. The fourth-order valence-corrected chi connectivity index (χ4v) is 4.25. The zero-order valence-electron chi connectivity index (χ0n) is 16.3. The largest absolute Gasteiger partial charge is 0.356 e. The molecule has 1 atom stereocenters.